The van der Waals surface area contributed by atoms with Crippen LogP contribution in [0.4, 0.5) is 5.82 Å². The molecule has 0 spiro atoms. The molecule has 0 radical (unpaired) electrons. The molecule has 2 amide bonds. The van der Waals surface area contributed by atoms with E-state index in [9.17, 15) is 14.4 Å². The molecule has 1 N–H and O–H groups in total. The number of carbonyl (C=O) groups excluding carboxylic acids is 3. The van der Waals surface area contributed by atoms with E-state index in [2.05, 4.69) is 26.2 Å². The molecular weight excluding hydrogens is 454 g/mol. The highest BCUT2D eigenvalue weighted by atomic mass is 79.9. The number of likely N-dealkylation sites (tertiary alicyclic amines) is 1. The van der Waals surface area contributed by atoms with Crippen LogP contribution in [0.15, 0.2) is 28.9 Å². The number of nitrogens with zero attached hydrogens (tertiary/aromatic N) is 2. The fourth-order valence-electron chi connectivity index (χ4n) is 3.49. The average molecular weight is 478 g/mol. The molecule has 3 rings (SSSR count). The lowest BCUT2D eigenvalue weighted by Gasteiger charge is -2.31. The molecule has 0 bridgehead atoms. The third-order valence-electron chi connectivity index (χ3n) is 5.10. The van der Waals surface area contributed by atoms with Crippen molar-refractivity contribution in [2.45, 2.75) is 39.5 Å². The maximum atomic E-state index is 12.5. The van der Waals surface area contributed by atoms with Crippen LogP contribution >= 0.6 is 27.3 Å². The molecule has 0 aromatic carbocycles. The Hall–Kier alpha value is -2.06. The van der Waals surface area contributed by atoms with Gasteiger partial charge in [-0.3, -0.25) is 14.4 Å². The number of hydrogen-bond acceptors (Lipinski definition) is 5. The van der Waals surface area contributed by atoms with Crippen LogP contribution in [0.3, 0.4) is 0 Å². The molecule has 2 aromatic rings. The first-order chi connectivity index (χ1) is 13.8. The number of Topliss-reactive ketones (excluding diaryl/α,β-unsaturated/α-hetero) is 1. The number of amides is 2. The fraction of sp³-hybridized carbons (Fsp3) is 0.429. The maximum absolute atomic E-state index is 12.5. The van der Waals surface area contributed by atoms with Crippen molar-refractivity contribution < 1.29 is 14.4 Å². The number of aryl methyl sites for hydroxylation is 2. The van der Waals surface area contributed by atoms with Crippen molar-refractivity contribution in [3.05, 3.63) is 44.2 Å². The molecule has 0 atom stereocenters. The number of rotatable bonds is 6. The second-order valence-electron chi connectivity index (χ2n) is 7.26. The van der Waals surface area contributed by atoms with Crippen LogP contribution in [0, 0.1) is 19.8 Å². The van der Waals surface area contributed by atoms with Gasteiger partial charge in [-0.25, -0.2) is 4.98 Å². The van der Waals surface area contributed by atoms with Gasteiger partial charge in [0.1, 0.15) is 5.82 Å². The van der Waals surface area contributed by atoms with Gasteiger partial charge in [0.2, 0.25) is 11.8 Å². The van der Waals surface area contributed by atoms with Crippen molar-refractivity contribution in [1.29, 1.82) is 0 Å². The monoisotopic (exact) mass is 477 g/mol. The highest BCUT2D eigenvalue weighted by Crippen LogP contribution is 2.23. The zero-order chi connectivity index (χ0) is 21.0. The number of nitrogens with one attached hydrogen (secondary N) is 1. The lowest BCUT2D eigenvalue weighted by Crippen LogP contribution is -2.41. The summed E-state index contributed by atoms with van der Waals surface area (Å²) in [7, 11) is 0. The van der Waals surface area contributed by atoms with E-state index in [4.69, 9.17) is 0 Å². The maximum Gasteiger partial charge on any atom is 0.228 e. The van der Waals surface area contributed by atoms with Crippen LogP contribution in [0.5, 0.6) is 0 Å². The number of ketones is 1. The molecule has 1 fully saturated rings. The summed E-state index contributed by atoms with van der Waals surface area (Å²) >= 11 is 4.92. The topological polar surface area (TPSA) is 79.4 Å². The van der Waals surface area contributed by atoms with Crippen molar-refractivity contribution >= 4 is 50.7 Å². The van der Waals surface area contributed by atoms with Crippen LogP contribution in [0.1, 0.15) is 45.8 Å². The molecule has 0 aliphatic carbocycles. The fourth-order valence-corrected chi connectivity index (χ4v) is 4.67. The van der Waals surface area contributed by atoms with Crippen LogP contribution in [0.25, 0.3) is 0 Å². The third-order valence-corrected chi connectivity index (χ3v) is 6.54. The summed E-state index contributed by atoms with van der Waals surface area (Å²) in [6, 6.07) is 5.47. The van der Waals surface area contributed by atoms with Crippen molar-refractivity contribution in [2.24, 2.45) is 5.92 Å². The minimum atomic E-state index is -0.137. The first-order valence-electron chi connectivity index (χ1n) is 9.64. The van der Waals surface area contributed by atoms with Gasteiger partial charge in [0, 0.05) is 57.8 Å². The van der Waals surface area contributed by atoms with Crippen LogP contribution in [-0.2, 0) is 9.59 Å². The summed E-state index contributed by atoms with van der Waals surface area (Å²) in [5.41, 5.74) is 0.734. The largest absolute Gasteiger partial charge is 0.343 e. The number of halogens is 1. The zero-order valence-electron chi connectivity index (χ0n) is 16.5. The number of carbonyl (C=O) groups is 3. The second-order valence-corrected chi connectivity index (χ2v) is 9.63. The molecule has 0 unspecified atom stereocenters. The van der Waals surface area contributed by atoms with Gasteiger partial charge in [-0.05, 0) is 60.8 Å². The van der Waals surface area contributed by atoms with Crippen molar-refractivity contribution in [2.75, 3.05) is 18.4 Å². The number of anilines is 1. The van der Waals surface area contributed by atoms with Crippen molar-refractivity contribution in [1.82, 2.24) is 9.88 Å². The van der Waals surface area contributed by atoms with E-state index in [0.717, 1.165) is 19.8 Å². The van der Waals surface area contributed by atoms with E-state index >= 15 is 0 Å². The Morgan fingerprint density at radius 1 is 1.21 bits per heavy atom. The molecule has 1 saturated heterocycles. The average Bonchev–Trinajstić information content (AvgIpc) is 3.05. The van der Waals surface area contributed by atoms with Gasteiger partial charge in [0.05, 0.1) is 0 Å². The SMILES string of the molecule is Cc1cc(C(=O)CCC(=O)N2CCC(C(=O)Nc3ccc(Br)cn3)CC2)c(C)s1. The minimum Gasteiger partial charge on any atom is -0.343 e. The Morgan fingerprint density at radius 2 is 1.93 bits per heavy atom. The summed E-state index contributed by atoms with van der Waals surface area (Å²) in [5.74, 6) is 0.329. The highest BCUT2D eigenvalue weighted by Gasteiger charge is 2.27. The number of hydrogen-bond donors (Lipinski definition) is 1. The summed E-state index contributed by atoms with van der Waals surface area (Å²) in [5, 5.41) is 2.83. The van der Waals surface area contributed by atoms with E-state index in [0.29, 0.717) is 31.7 Å². The van der Waals surface area contributed by atoms with E-state index < -0.39 is 0 Å². The summed E-state index contributed by atoms with van der Waals surface area (Å²) in [4.78, 5) is 45.3. The predicted octanol–water partition coefficient (Wildman–Crippen LogP) is 4.36. The quantitative estimate of drug-likeness (QED) is 0.626. The highest BCUT2D eigenvalue weighted by molar-refractivity contribution is 9.10. The lowest BCUT2D eigenvalue weighted by molar-refractivity contribution is -0.134. The van der Waals surface area contributed by atoms with Crippen LogP contribution < -0.4 is 5.32 Å². The van der Waals surface area contributed by atoms with Gasteiger partial charge >= 0.3 is 0 Å². The van der Waals surface area contributed by atoms with E-state index in [1.165, 1.54) is 0 Å². The molecule has 2 aromatic heterocycles. The molecule has 3 heterocycles. The molecule has 1 aliphatic heterocycles. The van der Waals surface area contributed by atoms with E-state index in [-0.39, 0.29) is 36.4 Å². The number of thiophene rings is 1. The Labute approximate surface area is 182 Å². The molecular formula is C21H24BrN3O3S. The first kappa shape index (κ1) is 21.6. The van der Waals surface area contributed by atoms with Crippen molar-refractivity contribution in [3.8, 4) is 0 Å². The van der Waals surface area contributed by atoms with Crippen LogP contribution in [-0.4, -0.2) is 40.6 Å². The standard InChI is InChI=1S/C21H24BrN3O3S/c1-13-11-17(14(2)29-13)18(26)4-6-20(27)25-9-7-15(8-10-25)21(28)24-19-5-3-16(22)12-23-19/h3,5,11-12,15H,4,6-10H2,1-2H3,(H,23,24,28). The number of aromatic nitrogens is 1. The Bertz CT molecular complexity index is 902. The van der Waals surface area contributed by atoms with Crippen molar-refractivity contribution in [3.63, 3.8) is 0 Å². The molecule has 29 heavy (non-hydrogen) atoms. The predicted molar refractivity (Wildman–Crippen MR) is 117 cm³/mol. The second kappa shape index (κ2) is 9.63. The molecule has 154 valence electrons. The molecule has 8 heteroatoms. The Kier molecular flexibility index (Phi) is 7.18. The van der Waals surface area contributed by atoms with Gasteiger partial charge in [-0.2, -0.15) is 0 Å². The Balaban J connectivity index is 1.44. The Morgan fingerprint density at radius 3 is 2.52 bits per heavy atom. The summed E-state index contributed by atoms with van der Waals surface area (Å²) in [6.45, 7) is 4.99. The molecule has 0 saturated carbocycles. The van der Waals surface area contributed by atoms with Crippen LogP contribution in [0.2, 0.25) is 0 Å². The van der Waals surface area contributed by atoms with Gasteiger partial charge in [-0.15, -0.1) is 11.3 Å². The summed E-state index contributed by atoms with van der Waals surface area (Å²) < 4.78 is 0.852. The van der Waals surface area contributed by atoms with E-state index in [1.54, 1.807) is 28.5 Å². The molecule has 1 aliphatic rings. The smallest absolute Gasteiger partial charge is 0.228 e. The zero-order valence-corrected chi connectivity index (χ0v) is 18.9. The number of pyridine rings is 1. The van der Waals surface area contributed by atoms with Gasteiger partial charge in [-0.1, -0.05) is 0 Å². The van der Waals surface area contributed by atoms with Gasteiger partial charge in [0.25, 0.3) is 0 Å². The molecule has 6 nitrogen and oxygen atoms in total. The van der Waals surface area contributed by atoms with Gasteiger partial charge in [0.15, 0.2) is 5.78 Å². The normalized spacial score (nSPS) is 14.7. The van der Waals surface area contributed by atoms with Gasteiger partial charge < -0.3 is 10.2 Å². The lowest BCUT2D eigenvalue weighted by atomic mass is 9.95. The first-order valence-corrected chi connectivity index (χ1v) is 11.2. The summed E-state index contributed by atoms with van der Waals surface area (Å²) in [6.07, 6.45) is 3.31. The number of piperidine rings is 1. The van der Waals surface area contributed by atoms with E-state index in [1.807, 2.05) is 26.0 Å². The third kappa shape index (κ3) is 5.73. The minimum absolute atomic E-state index is 0.0172.